The Labute approximate surface area is 261 Å². The van der Waals surface area contributed by atoms with E-state index in [0.29, 0.717) is 63.9 Å². The molecule has 0 saturated heterocycles. The summed E-state index contributed by atoms with van der Waals surface area (Å²) in [6, 6.07) is 24.5. The van der Waals surface area contributed by atoms with Crippen molar-refractivity contribution in [3.8, 4) is 11.5 Å². The highest BCUT2D eigenvalue weighted by Crippen LogP contribution is 2.56. The lowest BCUT2D eigenvalue weighted by Crippen LogP contribution is -2.66. The normalized spacial score (nSPS) is 17.1. The van der Waals surface area contributed by atoms with E-state index in [-0.39, 0.29) is 5.91 Å². The van der Waals surface area contributed by atoms with Gasteiger partial charge in [0, 0.05) is 53.2 Å². The quantitative estimate of drug-likeness (QED) is 0.180. The number of carbonyl (C=O) groups is 2. The van der Waals surface area contributed by atoms with E-state index in [9.17, 15) is 22.6 Å². The highest BCUT2D eigenvalue weighted by molar-refractivity contribution is 7.84. The molecule has 4 aromatic carbocycles. The molecular weight excluding hydrogens is 594 g/mol. The number of amides is 1. The van der Waals surface area contributed by atoms with E-state index in [1.807, 2.05) is 50.2 Å². The smallest absolute Gasteiger partial charge is 0.340 e. The molecule has 0 bridgehead atoms. The molecule has 4 aromatic rings. The van der Waals surface area contributed by atoms with Crippen molar-refractivity contribution in [3.63, 3.8) is 0 Å². The van der Waals surface area contributed by atoms with Crippen LogP contribution in [0.15, 0.2) is 84.9 Å². The predicted octanol–water partition coefficient (Wildman–Crippen LogP) is 4.51. The van der Waals surface area contributed by atoms with Gasteiger partial charge in [-0.25, -0.2) is 13.2 Å². The summed E-state index contributed by atoms with van der Waals surface area (Å²) in [6.07, 6.45) is 0.651. The van der Waals surface area contributed by atoms with Gasteiger partial charge in [-0.2, -0.15) is 0 Å². The Morgan fingerprint density at radius 1 is 0.889 bits per heavy atom. The largest absolute Gasteiger partial charge is 0.748 e. The fraction of sp³-hybridized carbons (Fsp3) is 0.235. The van der Waals surface area contributed by atoms with Crippen LogP contribution in [0.1, 0.15) is 58.4 Å². The van der Waals surface area contributed by atoms with E-state index >= 15 is 0 Å². The van der Waals surface area contributed by atoms with Crippen molar-refractivity contribution in [2.75, 3.05) is 10.6 Å². The summed E-state index contributed by atoms with van der Waals surface area (Å²) >= 11 is 0. The zero-order valence-corrected chi connectivity index (χ0v) is 25.6. The average Bonchev–Trinajstić information content (AvgIpc) is 3.28. The Kier molecular flexibility index (Phi) is 7.86. The Bertz CT molecular complexity index is 1910. The highest BCUT2D eigenvalue weighted by Gasteiger charge is 2.53. The highest BCUT2D eigenvalue weighted by atomic mass is 32.2. The van der Waals surface area contributed by atoms with Crippen molar-refractivity contribution >= 4 is 33.4 Å². The Balaban J connectivity index is 1.33. The van der Waals surface area contributed by atoms with Crippen molar-refractivity contribution < 1.29 is 37.8 Å². The molecular formula is C34H33N3O7S. The topological polar surface area (TPSA) is 161 Å². The number of anilines is 2. The first-order valence-corrected chi connectivity index (χ1v) is 16.2. The van der Waals surface area contributed by atoms with Crippen molar-refractivity contribution in [1.82, 2.24) is 0 Å². The molecule has 0 aliphatic carbocycles. The van der Waals surface area contributed by atoms with Gasteiger partial charge in [0.15, 0.2) is 11.6 Å². The maximum absolute atomic E-state index is 13.2. The molecule has 0 saturated carbocycles. The van der Waals surface area contributed by atoms with Crippen molar-refractivity contribution in [2.24, 2.45) is 5.92 Å². The first-order valence-electron chi connectivity index (χ1n) is 14.6. The van der Waals surface area contributed by atoms with Crippen LogP contribution in [0.5, 0.6) is 11.5 Å². The number of fused-ring (bicyclic) bond motifs is 6. The summed E-state index contributed by atoms with van der Waals surface area (Å²) in [7, 11) is -4.36. The lowest BCUT2D eigenvalue weighted by molar-refractivity contribution is -0.405. The second-order valence-corrected chi connectivity index (χ2v) is 13.2. The number of hydrogen-bond acceptors (Lipinski definition) is 8. The van der Waals surface area contributed by atoms with E-state index in [2.05, 4.69) is 16.4 Å². The average molecular weight is 628 g/mol. The van der Waals surface area contributed by atoms with Gasteiger partial charge < -0.3 is 30.4 Å². The monoisotopic (exact) mass is 627 g/mol. The van der Waals surface area contributed by atoms with Crippen molar-refractivity contribution in [3.05, 3.63) is 118 Å². The molecule has 0 fully saturated rings. The van der Waals surface area contributed by atoms with Crippen LogP contribution < -0.4 is 21.1 Å². The van der Waals surface area contributed by atoms with Gasteiger partial charge in [-0.15, -0.1) is 0 Å². The van der Waals surface area contributed by atoms with Crippen LogP contribution >= 0.6 is 0 Å². The maximum Gasteiger partial charge on any atom is 0.340 e. The van der Waals surface area contributed by atoms with Crippen LogP contribution in [-0.2, 0) is 37.5 Å². The van der Waals surface area contributed by atoms with Gasteiger partial charge in [-0.1, -0.05) is 56.3 Å². The fourth-order valence-electron chi connectivity index (χ4n) is 5.95. The number of carbonyl (C=O) groups excluding carboxylic acids is 2. The minimum atomic E-state index is -4.36. The lowest BCUT2D eigenvalue weighted by atomic mass is 9.77. The standard InChI is InChI=1S/C34H33N3O7S/c1-20(2)15-29(35)32(38)37-24-12-14-28-31(17-24)43-30-16-23(36-18-21-7-9-22(10-8-21)19-45(40,41)42)11-13-27(30)34(28)26-6-4-3-5-25(26)33(39)44-34/h3-14,16-17,20,29,36H,15,18-19,35H2,1-2H3,(H,37,38)(H,40,41,42). The first-order chi connectivity index (χ1) is 21.4. The molecule has 2 heterocycles. The Morgan fingerprint density at radius 2 is 1.51 bits per heavy atom. The van der Waals surface area contributed by atoms with Gasteiger partial charge in [0.1, 0.15) is 11.5 Å². The molecule has 0 aromatic heterocycles. The first kappa shape index (κ1) is 30.3. The van der Waals surface area contributed by atoms with Crippen molar-refractivity contribution in [1.29, 1.82) is 0 Å². The number of nitrogens with one attached hydrogen (secondary N) is 2. The van der Waals surface area contributed by atoms with Crippen LogP contribution in [-0.4, -0.2) is 30.9 Å². The van der Waals surface area contributed by atoms with Gasteiger partial charge in [0.2, 0.25) is 0 Å². The summed E-state index contributed by atoms with van der Waals surface area (Å²) in [5.41, 5.74) is 7.80. The van der Waals surface area contributed by atoms with Crippen LogP contribution in [0.3, 0.4) is 0 Å². The molecule has 2 atom stereocenters. The molecule has 0 radical (unpaired) electrons. The molecule has 1 spiro atoms. The number of hydrogen-bond donors (Lipinski definition) is 3. The zero-order valence-electron chi connectivity index (χ0n) is 24.8. The van der Waals surface area contributed by atoms with Crippen LogP contribution in [0.2, 0.25) is 0 Å². The summed E-state index contributed by atoms with van der Waals surface area (Å²) < 4.78 is 45.9. The second-order valence-electron chi connectivity index (χ2n) is 11.8. The van der Waals surface area contributed by atoms with Crippen LogP contribution in [0, 0.1) is 5.92 Å². The molecule has 2 aliphatic rings. The molecule has 10 nitrogen and oxygen atoms in total. The lowest BCUT2D eigenvalue weighted by Gasteiger charge is -2.37. The SMILES string of the molecule is CC(C)CC([NH3+])C(=O)Nc1ccc2c(c1)Oc1cc(NCc3ccc(CS(=O)(=O)[O-])cc3)ccc1C21OC(=O)c2ccccc21. The number of benzene rings is 4. The van der Waals surface area contributed by atoms with Gasteiger partial charge in [0.25, 0.3) is 5.91 Å². The molecule has 6 rings (SSSR count). The Hall–Kier alpha value is -4.71. The number of ether oxygens (including phenoxy) is 2. The third kappa shape index (κ3) is 6.02. The van der Waals surface area contributed by atoms with Gasteiger partial charge in [-0.05, 0) is 47.4 Å². The summed E-state index contributed by atoms with van der Waals surface area (Å²) in [4.78, 5) is 26.0. The Morgan fingerprint density at radius 3 is 2.18 bits per heavy atom. The molecule has 2 unspecified atom stereocenters. The summed E-state index contributed by atoms with van der Waals surface area (Å²) in [6.45, 7) is 4.50. The maximum atomic E-state index is 13.2. The van der Waals surface area contributed by atoms with E-state index in [0.717, 1.165) is 11.3 Å². The van der Waals surface area contributed by atoms with E-state index < -0.39 is 33.5 Å². The third-order valence-electron chi connectivity index (χ3n) is 7.97. The van der Waals surface area contributed by atoms with Crippen LogP contribution in [0.25, 0.3) is 0 Å². The summed E-state index contributed by atoms with van der Waals surface area (Å²) in [5.74, 6) is 0.0521. The number of rotatable bonds is 9. The second kappa shape index (κ2) is 11.7. The molecule has 5 N–H and O–H groups in total. The number of quaternary nitrogens is 1. The van der Waals surface area contributed by atoms with Gasteiger partial charge in [0.05, 0.1) is 21.4 Å². The predicted molar refractivity (Wildman–Crippen MR) is 167 cm³/mol. The van der Waals surface area contributed by atoms with E-state index in [1.165, 1.54) is 0 Å². The number of esters is 1. The zero-order chi connectivity index (χ0) is 31.9. The fourth-order valence-corrected chi connectivity index (χ4v) is 6.55. The van der Waals surface area contributed by atoms with Gasteiger partial charge in [-0.3, -0.25) is 4.79 Å². The van der Waals surface area contributed by atoms with E-state index in [1.54, 1.807) is 48.5 Å². The minimum absolute atomic E-state index is 0.193. The van der Waals surface area contributed by atoms with Gasteiger partial charge >= 0.3 is 5.97 Å². The molecule has 11 heteroatoms. The van der Waals surface area contributed by atoms with Crippen molar-refractivity contribution in [2.45, 2.75) is 44.2 Å². The summed E-state index contributed by atoms with van der Waals surface area (Å²) in [5, 5.41) is 6.29. The minimum Gasteiger partial charge on any atom is -0.748 e. The molecule has 45 heavy (non-hydrogen) atoms. The third-order valence-corrected chi connectivity index (χ3v) is 8.66. The van der Waals surface area contributed by atoms with E-state index in [4.69, 9.17) is 9.47 Å². The molecule has 232 valence electrons. The molecule has 2 aliphatic heterocycles. The molecule has 1 amide bonds. The van der Waals surface area contributed by atoms with Crippen LogP contribution in [0.4, 0.5) is 11.4 Å².